The highest BCUT2D eigenvalue weighted by Crippen LogP contribution is 2.09. The second-order valence-electron chi connectivity index (χ2n) is 4.57. The second-order valence-corrected chi connectivity index (χ2v) is 4.57. The number of rotatable bonds is 6. The van der Waals surface area contributed by atoms with Crippen LogP contribution in [0.1, 0.15) is 25.8 Å². The van der Waals surface area contributed by atoms with Gasteiger partial charge in [0.25, 0.3) is 0 Å². The number of carbonyl (C=O) groups is 2. The lowest BCUT2D eigenvalue weighted by Gasteiger charge is -2.20. The van der Waals surface area contributed by atoms with Gasteiger partial charge in [-0.05, 0) is 23.6 Å². The molecule has 0 saturated carbocycles. The van der Waals surface area contributed by atoms with Crippen LogP contribution in [-0.2, 0) is 16.0 Å². The predicted octanol–water partition coefficient (Wildman–Crippen LogP) is 1.98. The Hall–Kier alpha value is -1.91. The second kappa shape index (κ2) is 6.87. The summed E-state index contributed by atoms with van der Waals surface area (Å²) in [7, 11) is 0. The van der Waals surface area contributed by atoms with Gasteiger partial charge in [0.05, 0.1) is 6.42 Å². The average molecular weight is 267 g/mol. The van der Waals surface area contributed by atoms with Crippen molar-refractivity contribution >= 4 is 11.9 Å². The summed E-state index contributed by atoms with van der Waals surface area (Å²) in [5.41, 5.74) is 0.646. The quantitative estimate of drug-likeness (QED) is 0.828. The predicted molar refractivity (Wildman–Crippen MR) is 69.1 cm³/mol. The normalized spacial score (nSPS) is 13.6. The van der Waals surface area contributed by atoms with Gasteiger partial charge in [-0.15, -0.1) is 0 Å². The third kappa shape index (κ3) is 4.69. The largest absolute Gasteiger partial charge is 0.480 e. The Balaban J connectivity index is 2.62. The Kier molecular flexibility index (Phi) is 5.48. The number of hydrogen-bond acceptors (Lipinski definition) is 2. The standard InChI is InChI=1S/C14H18FNO3/c1-3-9(2)13(14(18)19)16-12(17)8-10-4-6-11(15)7-5-10/h4-7,9,13H,3,8H2,1-2H3,(H,16,17)(H,18,19)/t9-,13-/m0/s1. The molecule has 0 heterocycles. The van der Waals surface area contributed by atoms with Crippen molar-refractivity contribution in [3.8, 4) is 0 Å². The highest BCUT2D eigenvalue weighted by molar-refractivity contribution is 5.85. The number of carboxylic acids is 1. The maximum Gasteiger partial charge on any atom is 0.326 e. The number of aliphatic carboxylic acids is 1. The van der Waals surface area contributed by atoms with Gasteiger partial charge in [-0.25, -0.2) is 9.18 Å². The molecule has 19 heavy (non-hydrogen) atoms. The summed E-state index contributed by atoms with van der Waals surface area (Å²) in [6.07, 6.45) is 0.703. The van der Waals surface area contributed by atoms with Gasteiger partial charge < -0.3 is 10.4 Å². The van der Waals surface area contributed by atoms with E-state index in [9.17, 15) is 14.0 Å². The van der Waals surface area contributed by atoms with Crippen LogP contribution in [0.3, 0.4) is 0 Å². The molecule has 0 unspecified atom stereocenters. The lowest BCUT2D eigenvalue weighted by atomic mass is 9.99. The van der Waals surface area contributed by atoms with Gasteiger partial charge in [0.1, 0.15) is 11.9 Å². The van der Waals surface area contributed by atoms with E-state index >= 15 is 0 Å². The Morgan fingerprint density at radius 2 is 1.89 bits per heavy atom. The number of benzene rings is 1. The molecule has 1 aromatic rings. The van der Waals surface area contributed by atoms with Crippen LogP contribution in [0.5, 0.6) is 0 Å². The van der Waals surface area contributed by atoms with Gasteiger partial charge in [-0.3, -0.25) is 4.79 Å². The summed E-state index contributed by atoms with van der Waals surface area (Å²) in [5.74, 6) is -1.93. The third-order valence-electron chi connectivity index (χ3n) is 3.07. The summed E-state index contributed by atoms with van der Waals surface area (Å²) in [6.45, 7) is 3.64. The van der Waals surface area contributed by atoms with Gasteiger partial charge in [0.15, 0.2) is 0 Å². The molecule has 0 aliphatic heterocycles. The van der Waals surface area contributed by atoms with E-state index in [0.29, 0.717) is 12.0 Å². The molecule has 0 aromatic heterocycles. The van der Waals surface area contributed by atoms with E-state index in [4.69, 9.17) is 5.11 Å². The van der Waals surface area contributed by atoms with Crippen molar-refractivity contribution < 1.29 is 19.1 Å². The molecule has 4 nitrogen and oxygen atoms in total. The van der Waals surface area contributed by atoms with E-state index < -0.39 is 12.0 Å². The van der Waals surface area contributed by atoms with E-state index in [1.54, 1.807) is 6.92 Å². The molecule has 0 radical (unpaired) electrons. The van der Waals surface area contributed by atoms with Crippen molar-refractivity contribution in [3.05, 3.63) is 35.6 Å². The third-order valence-corrected chi connectivity index (χ3v) is 3.07. The minimum absolute atomic E-state index is 0.0422. The SMILES string of the molecule is CC[C@H](C)[C@H](NC(=O)Cc1ccc(F)cc1)C(=O)O. The molecule has 0 bridgehead atoms. The number of amides is 1. The molecule has 0 fully saturated rings. The highest BCUT2D eigenvalue weighted by atomic mass is 19.1. The summed E-state index contributed by atoms with van der Waals surface area (Å²) in [4.78, 5) is 22.8. The number of carboxylic acid groups (broad SMARTS) is 1. The Morgan fingerprint density at radius 1 is 1.32 bits per heavy atom. The van der Waals surface area contributed by atoms with Crippen molar-refractivity contribution in [2.45, 2.75) is 32.7 Å². The summed E-state index contributed by atoms with van der Waals surface area (Å²) in [5, 5.41) is 11.6. The maximum atomic E-state index is 12.7. The van der Waals surface area contributed by atoms with Gasteiger partial charge >= 0.3 is 5.97 Å². The first kappa shape index (κ1) is 15.1. The number of carbonyl (C=O) groups excluding carboxylic acids is 1. The van der Waals surface area contributed by atoms with Crippen LogP contribution in [0.2, 0.25) is 0 Å². The molecule has 0 spiro atoms. The zero-order valence-corrected chi connectivity index (χ0v) is 11.0. The molecule has 104 valence electrons. The Labute approximate surface area is 111 Å². The lowest BCUT2D eigenvalue weighted by Crippen LogP contribution is -2.45. The van der Waals surface area contributed by atoms with E-state index in [1.807, 2.05) is 6.92 Å². The van der Waals surface area contributed by atoms with Crippen LogP contribution >= 0.6 is 0 Å². The molecule has 5 heteroatoms. The first-order valence-electron chi connectivity index (χ1n) is 6.20. The number of nitrogens with one attached hydrogen (secondary N) is 1. The molecule has 0 saturated heterocycles. The van der Waals surface area contributed by atoms with E-state index in [0.717, 1.165) is 0 Å². The van der Waals surface area contributed by atoms with Crippen LogP contribution < -0.4 is 5.32 Å². The van der Waals surface area contributed by atoms with E-state index in [-0.39, 0.29) is 24.1 Å². The minimum atomic E-state index is -1.04. The fourth-order valence-corrected chi connectivity index (χ4v) is 1.70. The monoisotopic (exact) mass is 267 g/mol. The van der Waals surface area contributed by atoms with Gasteiger partial charge in [0, 0.05) is 0 Å². The van der Waals surface area contributed by atoms with Crippen LogP contribution in [0.25, 0.3) is 0 Å². The van der Waals surface area contributed by atoms with Crippen LogP contribution in [-0.4, -0.2) is 23.0 Å². The molecular weight excluding hydrogens is 249 g/mol. The molecule has 2 N–H and O–H groups in total. The van der Waals surface area contributed by atoms with Gasteiger partial charge in [-0.1, -0.05) is 32.4 Å². The van der Waals surface area contributed by atoms with Gasteiger partial charge in [0.2, 0.25) is 5.91 Å². The molecule has 1 rings (SSSR count). The molecule has 1 amide bonds. The van der Waals surface area contributed by atoms with Crippen LogP contribution in [0.15, 0.2) is 24.3 Å². The maximum absolute atomic E-state index is 12.7. The first-order chi connectivity index (χ1) is 8.93. The van der Waals surface area contributed by atoms with Crippen molar-refractivity contribution in [3.63, 3.8) is 0 Å². The molecule has 0 aliphatic carbocycles. The Morgan fingerprint density at radius 3 is 2.37 bits per heavy atom. The topological polar surface area (TPSA) is 66.4 Å². The Bertz CT molecular complexity index is 445. The zero-order chi connectivity index (χ0) is 14.4. The zero-order valence-electron chi connectivity index (χ0n) is 11.0. The molecular formula is C14H18FNO3. The molecule has 1 aromatic carbocycles. The molecule has 0 aliphatic rings. The van der Waals surface area contributed by atoms with Crippen molar-refractivity contribution in [1.82, 2.24) is 5.32 Å². The fraction of sp³-hybridized carbons (Fsp3) is 0.429. The summed E-state index contributed by atoms with van der Waals surface area (Å²) in [6, 6.07) is 4.66. The smallest absolute Gasteiger partial charge is 0.326 e. The van der Waals surface area contributed by atoms with Crippen LogP contribution in [0.4, 0.5) is 4.39 Å². The van der Waals surface area contributed by atoms with E-state index in [2.05, 4.69) is 5.32 Å². The minimum Gasteiger partial charge on any atom is -0.480 e. The first-order valence-corrected chi connectivity index (χ1v) is 6.20. The van der Waals surface area contributed by atoms with Gasteiger partial charge in [-0.2, -0.15) is 0 Å². The molecule has 2 atom stereocenters. The lowest BCUT2D eigenvalue weighted by molar-refractivity contribution is -0.143. The van der Waals surface area contributed by atoms with E-state index in [1.165, 1.54) is 24.3 Å². The average Bonchev–Trinajstić information content (AvgIpc) is 2.37. The summed E-state index contributed by atoms with van der Waals surface area (Å²) < 4.78 is 12.7. The van der Waals surface area contributed by atoms with Crippen molar-refractivity contribution in [2.75, 3.05) is 0 Å². The fourth-order valence-electron chi connectivity index (χ4n) is 1.70. The van der Waals surface area contributed by atoms with Crippen molar-refractivity contribution in [2.24, 2.45) is 5.92 Å². The summed E-state index contributed by atoms with van der Waals surface area (Å²) >= 11 is 0. The number of hydrogen-bond donors (Lipinski definition) is 2. The van der Waals surface area contributed by atoms with Crippen molar-refractivity contribution in [1.29, 1.82) is 0 Å². The number of halogens is 1. The highest BCUT2D eigenvalue weighted by Gasteiger charge is 2.25. The van der Waals surface area contributed by atoms with Crippen LogP contribution in [0, 0.1) is 11.7 Å².